The van der Waals surface area contributed by atoms with Crippen LogP contribution < -0.4 is 5.32 Å². The van der Waals surface area contributed by atoms with Crippen LogP contribution >= 0.6 is 0 Å². The van der Waals surface area contributed by atoms with Gasteiger partial charge in [0.1, 0.15) is 11.4 Å². The molecule has 1 N–H and O–H groups in total. The first-order chi connectivity index (χ1) is 14.2. The smallest absolute Gasteiger partial charge is 0.410 e. The summed E-state index contributed by atoms with van der Waals surface area (Å²) in [7, 11) is 0. The lowest BCUT2D eigenvalue weighted by molar-refractivity contribution is -0.132. The largest absolute Gasteiger partial charge is 0.444 e. The molecule has 2 aliphatic heterocycles. The van der Waals surface area contributed by atoms with Crippen molar-refractivity contribution < 1.29 is 14.3 Å². The molecule has 1 atom stereocenters. The van der Waals surface area contributed by atoms with Crippen LogP contribution in [0.4, 0.5) is 10.6 Å². The number of carbonyl (C=O) groups excluding carboxylic acids is 2. The van der Waals surface area contributed by atoms with E-state index in [0.717, 1.165) is 56.8 Å². The number of pyridine rings is 1. The van der Waals surface area contributed by atoms with Crippen molar-refractivity contribution in [3.05, 3.63) is 23.9 Å². The second-order valence-corrected chi connectivity index (χ2v) is 9.58. The van der Waals surface area contributed by atoms with Crippen LogP contribution in [0.25, 0.3) is 0 Å². The molecule has 1 aromatic heterocycles. The number of amides is 2. The zero-order valence-corrected chi connectivity index (χ0v) is 18.8. The van der Waals surface area contributed by atoms with Gasteiger partial charge in [-0.15, -0.1) is 0 Å². The molecule has 166 valence electrons. The van der Waals surface area contributed by atoms with E-state index < -0.39 is 5.60 Å². The van der Waals surface area contributed by atoms with E-state index in [2.05, 4.69) is 10.3 Å². The van der Waals surface area contributed by atoms with Gasteiger partial charge < -0.3 is 19.9 Å². The zero-order valence-electron chi connectivity index (χ0n) is 18.8. The Hall–Kier alpha value is -2.31. The Kier molecular flexibility index (Phi) is 7.21. The van der Waals surface area contributed by atoms with Crippen molar-refractivity contribution in [2.75, 3.05) is 31.5 Å². The van der Waals surface area contributed by atoms with Gasteiger partial charge in [-0.25, -0.2) is 9.78 Å². The summed E-state index contributed by atoms with van der Waals surface area (Å²) >= 11 is 0. The van der Waals surface area contributed by atoms with Crippen LogP contribution in [0, 0.1) is 12.8 Å². The lowest BCUT2D eigenvalue weighted by Gasteiger charge is -2.33. The molecular weight excluding hydrogens is 380 g/mol. The highest BCUT2D eigenvalue weighted by Gasteiger charge is 2.30. The highest BCUT2D eigenvalue weighted by molar-refractivity contribution is 5.76. The molecule has 3 heterocycles. The van der Waals surface area contributed by atoms with Crippen molar-refractivity contribution in [1.29, 1.82) is 0 Å². The Balaban J connectivity index is 1.36. The number of piperidine rings is 1. The molecule has 0 aliphatic carbocycles. The van der Waals surface area contributed by atoms with Gasteiger partial charge in [0.15, 0.2) is 0 Å². The van der Waals surface area contributed by atoms with Gasteiger partial charge in [0.05, 0.1) is 0 Å². The number of ether oxygens (including phenoxy) is 1. The molecule has 1 aromatic rings. The van der Waals surface area contributed by atoms with Crippen LogP contribution in [0.2, 0.25) is 0 Å². The van der Waals surface area contributed by atoms with E-state index in [1.165, 1.54) is 0 Å². The highest BCUT2D eigenvalue weighted by Crippen LogP contribution is 2.24. The molecule has 0 aromatic carbocycles. The van der Waals surface area contributed by atoms with Crippen LogP contribution in [0.5, 0.6) is 0 Å². The van der Waals surface area contributed by atoms with Gasteiger partial charge in [-0.1, -0.05) is 6.07 Å². The number of nitrogens with zero attached hydrogens (tertiary/aromatic N) is 3. The summed E-state index contributed by atoms with van der Waals surface area (Å²) in [6.07, 6.45) is 3.98. The minimum absolute atomic E-state index is 0.234. The Labute approximate surface area is 180 Å². The fraction of sp³-hybridized carbons (Fsp3) is 0.696. The number of hydrogen-bond donors (Lipinski definition) is 1. The van der Waals surface area contributed by atoms with Crippen LogP contribution in [0.15, 0.2) is 18.2 Å². The first-order valence-electron chi connectivity index (χ1n) is 11.2. The molecule has 7 heteroatoms. The Morgan fingerprint density at radius 1 is 1.13 bits per heavy atom. The van der Waals surface area contributed by atoms with Crippen LogP contribution in [-0.2, 0) is 9.53 Å². The molecule has 7 nitrogen and oxygen atoms in total. The Morgan fingerprint density at radius 2 is 1.83 bits per heavy atom. The number of hydrogen-bond acceptors (Lipinski definition) is 5. The molecule has 0 bridgehead atoms. The van der Waals surface area contributed by atoms with Crippen LogP contribution in [-0.4, -0.2) is 64.6 Å². The van der Waals surface area contributed by atoms with Gasteiger partial charge in [0, 0.05) is 44.3 Å². The number of rotatable bonds is 5. The van der Waals surface area contributed by atoms with Gasteiger partial charge in [0.2, 0.25) is 5.91 Å². The summed E-state index contributed by atoms with van der Waals surface area (Å²) in [4.78, 5) is 33.1. The number of aromatic nitrogens is 1. The Bertz CT molecular complexity index is 738. The predicted molar refractivity (Wildman–Crippen MR) is 117 cm³/mol. The summed E-state index contributed by atoms with van der Waals surface area (Å²) in [5.74, 6) is 1.53. The van der Waals surface area contributed by atoms with Gasteiger partial charge in [-0.2, -0.15) is 0 Å². The van der Waals surface area contributed by atoms with E-state index in [1.54, 1.807) is 4.90 Å². The maximum absolute atomic E-state index is 12.7. The number of carbonyl (C=O) groups is 2. The SMILES string of the molecule is Cc1cccc(NC2CCN(C(=O)CC[C@H]3CCN(C(=O)OC(C)(C)C)C3)CC2)n1. The number of nitrogens with one attached hydrogen (secondary N) is 1. The predicted octanol–water partition coefficient (Wildman–Crippen LogP) is 3.83. The van der Waals surface area contributed by atoms with Crippen molar-refractivity contribution >= 4 is 17.8 Å². The molecule has 2 aliphatic rings. The summed E-state index contributed by atoms with van der Waals surface area (Å²) in [5, 5.41) is 3.49. The van der Waals surface area contributed by atoms with Gasteiger partial charge >= 0.3 is 6.09 Å². The maximum Gasteiger partial charge on any atom is 0.410 e. The van der Waals surface area contributed by atoms with Crippen LogP contribution in [0.3, 0.4) is 0 Å². The fourth-order valence-electron chi connectivity index (χ4n) is 4.15. The quantitative estimate of drug-likeness (QED) is 0.790. The van der Waals surface area contributed by atoms with Gasteiger partial charge in [0.25, 0.3) is 0 Å². The van der Waals surface area contributed by atoms with Crippen molar-refractivity contribution in [1.82, 2.24) is 14.8 Å². The lowest BCUT2D eigenvalue weighted by atomic mass is 10.0. The molecule has 0 unspecified atom stereocenters. The van der Waals surface area contributed by atoms with Crippen LogP contribution in [0.1, 0.15) is 58.6 Å². The second kappa shape index (κ2) is 9.67. The molecule has 3 rings (SSSR count). The molecule has 0 radical (unpaired) electrons. The molecule has 0 spiro atoms. The van der Waals surface area contributed by atoms with Gasteiger partial charge in [-0.3, -0.25) is 4.79 Å². The average molecular weight is 417 g/mol. The lowest BCUT2D eigenvalue weighted by Crippen LogP contribution is -2.42. The summed E-state index contributed by atoms with van der Waals surface area (Å²) in [6.45, 7) is 10.6. The molecule has 2 fully saturated rings. The zero-order chi connectivity index (χ0) is 21.7. The molecule has 0 saturated carbocycles. The normalized spacial score (nSPS) is 20.3. The summed E-state index contributed by atoms with van der Waals surface area (Å²) in [5.41, 5.74) is 0.534. The third-order valence-electron chi connectivity index (χ3n) is 5.79. The molecule has 2 amide bonds. The van der Waals surface area contributed by atoms with Crippen molar-refractivity contribution in [3.63, 3.8) is 0 Å². The standard InChI is InChI=1S/C23H36N4O3/c1-17-6-5-7-20(24-17)25-19-11-14-26(15-12-19)21(28)9-8-18-10-13-27(16-18)22(29)30-23(2,3)4/h5-7,18-19H,8-16H2,1-4H3,(H,24,25)/t18-/m0/s1. The maximum atomic E-state index is 12.7. The van der Waals surface area contributed by atoms with Crippen molar-refractivity contribution in [2.45, 2.75) is 71.4 Å². The third kappa shape index (κ3) is 6.61. The molecule has 30 heavy (non-hydrogen) atoms. The van der Waals surface area contributed by atoms with E-state index in [9.17, 15) is 9.59 Å². The minimum Gasteiger partial charge on any atom is -0.444 e. The second-order valence-electron chi connectivity index (χ2n) is 9.58. The van der Waals surface area contributed by atoms with E-state index in [1.807, 2.05) is 50.8 Å². The van der Waals surface area contributed by atoms with Crippen molar-refractivity contribution in [2.24, 2.45) is 5.92 Å². The van der Waals surface area contributed by atoms with E-state index in [4.69, 9.17) is 4.74 Å². The average Bonchev–Trinajstić information content (AvgIpc) is 3.15. The third-order valence-corrected chi connectivity index (χ3v) is 5.79. The van der Waals surface area contributed by atoms with E-state index in [-0.39, 0.29) is 12.0 Å². The molecular formula is C23H36N4O3. The van der Waals surface area contributed by atoms with Gasteiger partial charge in [-0.05, 0) is 71.4 Å². The fourth-order valence-corrected chi connectivity index (χ4v) is 4.15. The summed E-state index contributed by atoms with van der Waals surface area (Å²) in [6, 6.07) is 6.35. The number of aryl methyl sites for hydroxylation is 1. The Morgan fingerprint density at radius 3 is 2.50 bits per heavy atom. The first-order valence-corrected chi connectivity index (χ1v) is 11.2. The number of anilines is 1. The van der Waals surface area contributed by atoms with Crippen molar-refractivity contribution in [3.8, 4) is 0 Å². The topological polar surface area (TPSA) is 74.8 Å². The monoisotopic (exact) mass is 416 g/mol. The highest BCUT2D eigenvalue weighted by atomic mass is 16.6. The minimum atomic E-state index is -0.471. The number of likely N-dealkylation sites (tertiary alicyclic amines) is 2. The van der Waals surface area contributed by atoms with E-state index >= 15 is 0 Å². The molecule has 2 saturated heterocycles. The first kappa shape index (κ1) is 22.4. The summed E-state index contributed by atoms with van der Waals surface area (Å²) < 4.78 is 5.45. The van der Waals surface area contributed by atoms with E-state index in [0.29, 0.717) is 24.9 Å².